The van der Waals surface area contributed by atoms with Crippen LogP contribution in [0.25, 0.3) is 10.2 Å². The molecule has 0 radical (unpaired) electrons. The Kier molecular flexibility index (Phi) is 6.99. The number of carbonyl (C=O) groups excluding carboxylic acids is 1. The van der Waals surface area contributed by atoms with E-state index in [1.165, 1.54) is 10.5 Å². The first kappa shape index (κ1) is 21.5. The minimum Gasteiger partial charge on any atom is -0.282 e. The van der Waals surface area contributed by atoms with Crippen LogP contribution in [0, 0.1) is 0 Å². The van der Waals surface area contributed by atoms with Gasteiger partial charge in [0.2, 0.25) is 5.91 Å². The number of rotatable bonds is 8. The zero-order valence-electron chi connectivity index (χ0n) is 17.7. The summed E-state index contributed by atoms with van der Waals surface area (Å²) >= 11 is 3.37. The predicted molar refractivity (Wildman–Crippen MR) is 131 cm³/mol. The molecular formula is C25H25N3OS2. The minimum absolute atomic E-state index is 0.0244. The molecule has 4 nitrogen and oxygen atoms in total. The highest BCUT2D eigenvalue weighted by Gasteiger charge is 2.21. The van der Waals surface area contributed by atoms with Gasteiger partial charge in [-0.3, -0.25) is 14.7 Å². The normalized spacial score (nSPS) is 11.0. The lowest BCUT2D eigenvalue weighted by Gasteiger charge is -2.19. The number of hydrogen-bond acceptors (Lipinski definition) is 5. The van der Waals surface area contributed by atoms with Crippen LogP contribution in [0.15, 0.2) is 71.8 Å². The number of anilines is 1. The van der Waals surface area contributed by atoms with Crippen molar-refractivity contribution in [3.63, 3.8) is 0 Å². The molecule has 0 aliphatic carbocycles. The number of fused-ring (bicyclic) bond motifs is 1. The first-order valence-corrected chi connectivity index (χ1v) is 12.3. The Morgan fingerprint density at radius 3 is 2.55 bits per heavy atom. The molecule has 0 spiro atoms. The summed E-state index contributed by atoms with van der Waals surface area (Å²) in [7, 11) is 0. The molecule has 31 heavy (non-hydrogen) atoms. The molecule has 2 heterocycles. The van der Waals surface area contributed by atoms with E-state index >= 15 is 0 Å². The number of thiazole rings is 1. The maximum atomic E-state index is 13.4. The molecule has 2 aromatic carbocycles. The lowest BCUT2D eigenvalue weighted by Crippen LogP contribution is -2.32. The van der Waals surface area contributed by atoms with Crippen molar-refractivity contribution in [2.75, 3.05) is 10.7 Å². The van der Waals surface area contributed by atoms with Crippen LogP contribution in [0.5, 0.6) is 0 Å². The van der Waals surface area contributed by atoms with Gasteiger partial charge in [0.15, 0.2) is 5.13 Å². The largest absolute Gasteiger partial charge is 0.282 e. The van der Waals surface area contributed by atoms with Crippen LogP contribution in [0.2, 0.25) is 0 Å². The number of amides is 1. The minimum atomic E-state index is 0.0244. The molecule has 0 N–H and O–H groups in total. The molecule has 4 rings (SSSR count). The summed E-state index contributed by atoms with van der Waals surface area (Å²) in [4.78, 5) is 25.6. The lowest BCUT2D eigenvalue weighted by molar-refractivity contribution is -0.118. The number of aryl methyl sites for hydroxylation is 1. The summed E-state index contributed by atoms with van der Waals surface area (Å²) in [5.41, 5.74) is 4.05. The molecular weight excluding hydrogens is 422 g/mol. The zero-order chi connectivity index (χ0) is 21.6. The SMILES string of the molecule is CCSc1ccc(CC(=O)N(Cc2ccccn2)c2nc3ccc(CC)cc3s2)cc1. The summed E-state index contributed by atoms with van der Waals surface area (Å²) in [6, 6.07) is 20.4. The summed E-state index contributed by atoms with van der Waals surface area (Å²) in [5, 5.41) is 0.720. The number of thioether (sulfide) groups is 1. The second kappa shape index (κ2) is 10.1. The Balaban J connectivity index is 1.62. The third kappa shape index (κ3) is 5.32. The van der Waals surface area contributed by atoms with Crippen molar-refractivity contribution in [1.82, 2.24) is 9.97 Å². The topological polar surface area (TPSA) is 46.1 Å². The standard InChI is InChI=1S/C25H25N3OS2/c1-3-18-10-13-22-23(15-18)31-25(27-22)28(17-20-7-5-6-14-26-20)24(29)16-19-8-11-21(12-9-19)30-4-2/h5-15H,3-4,16-17H2,1-2H3. The molecule has 0 fully saturated rings. The van der Waals surface area contributed by atoms with Gasteiger partial charge < -0.3 is 0 Å². The van der Waals surface area contributed by atoms with Crippen molar-refractivity contribution in [3.8, 4) is 0 Å². The predicted octanol–water partition coefficient (Wildman–Crippen LogP) is 6.14. The molecule has 0 atom stereocenters. The molecule has 0 aliphatic heterocycles. The van der Waals surface area contributed by atoms with E-state index in [-0.39, 0.29) is 5.91 Å². The van der Waals surface area contributed by atoms with Gasteiger partial charge in [-0.05, 0) is 59.7 Å². The van der Waals surface area contributed by atoms with Crippen LogP contribution in [0.3, 0.4) is 0 Å². The van der Waals surface area contributed by atoms with Gasteiger partial charge in [0.05, 0.1) is 28.9 Å². The average Bonchev–Trinajstić information content (AvgIpc) is 3.22. The highest BCUT2D eigenvalue weighted by Crippen LogP contribution is 2.31. The van der Waals surface area contributed by atoms with Gasteiger partial charge in [-0.1, -0.05) is 49.4 Å². The van der Waals surface area contributed by atoms with E-state index in [0.29, 0.717) is 13.0 Å². The van der Waals surface area contributed by atoms with Crippen molar-refractivity contribution in [2.24, 2.45) is 0 Å². The van der Waals surface area contributed by atoms with Crippen molar-refractivity contribution < 1.29 is 4.79 Å². The average molecular weight is 448 g/mol. The quantitative estimate of drug-likeness (QED) is 0.304. The highest BCUT2D eigenvalue weighted by atomic mass is 32.2. The first-order valence-electron chi connectivity index (χ1n) is 10.5. The summed E-state index contributed by atoms with van der Waals surface area (Å²) in [6.07, 6.45) is 3.07. The highest BCUT2D eigenvalue weighted by molar-refractivity contribution is 7.99. The van der Waals surface area contributed by atoms with E-state index < -0.39 is 0 Å². The van der Waals surface area contributed by atoms with E-state index in [4.69, 9.17) is 4.98 Å². The van der Waals surface area contributed by atoms with E-state index in [2.05, 4.69) is 43.1 Å². The van der Waals surface area contributed by atoms with Gasteiger partial charge in [0.25, 0.3) is 0 Å². The van der Waals surface area contributed by atoms with Gasteiger partial charge in [-0.25, -0.2) is 4.98 Å². The van der Waals surface area contributed by atoms with Crippen LogP contribution in [0.4, 0.5) is 5.13 Å². The second-order valence-corrected chi connectivity index (χ2v) is 9.55. The van der Waals surface area contributed by atoms with Crippen LogP contribution >= 0.6 is 23.1 Å². The lowest BCUT2D eigenvalue weighted by atomic mass is 10.1. The van der Waals surface area contributed by atoms with E-state index in [1.807, 2.05) is 36.4 Å². The Bertz CT molecular complexity index is 1160. The first-order chi connectivity index (χ1) is 15.2. The van der Waals surface area contributed by atoms with Crippen molar-refractivity contribution >= 4 is 44.4 Å². The number of carbonyl (C=O) groups is 1. The molecule has 0 saturated heterocycles. The molecule has 0 saturated carbocycles. The molecule has 6 heteroatoms. The molecule has 2 aromatic heterocycles. The third-order valence-electron chi connectivity index (χ3n) is 5.02. The maximum absolute atomic E-state index is 13.4. The number of nitrogens with zero attached hydrogens (tertiary/aromatic N) is 3. The monoisotopic (exact) mass is 447 g/mol. The van der Waals surface area contributed by atoms with Crippen molar-refractivity contribution in [3.05, 3.63) is 83.7 Å². The van der Waals surface area contributed by atoms with Crippen molar-refractivity contribution in [1.29, 1.82) is 0 Å². The number of hydrogen-bond donors (Lipinski definition) is 0. The van der Waals surface area contributed by atoms with E-state index in [0.717, 1.165) is 38.8 Å². The fourth-order valence-electron chi connectivity index (χ4n) is 3.35. The Morgan fingerprint density at radius 2 is 1.84 bits per heavy atom. The van der Waals surface area contributed by atoms with Gasteiger partial charge in [-0.2, -0.15) is 0 Å². The fourth-order valence-corrected chi connectivity index (χ4v) is 5.06. The number of benzene rings is 2. The molecule has 0 aliphatic rings. The number of aromatic nitrogens is 2. The van der Waals surface area contributed by atoms with Gasteiger partial charge >= 0.3 is 0 Å². The van der Waals surface area contributed by atoms with E-state index in [9.17, 15) is 4.79 Å². The Labute approximate surface area is 191 Å². The third-order valence-corrected chi connectivity index (χ3v) is 6.95. The van der Waals surface area contributed by atoms with Crippen LogP contribution < -0.4 is 4.90 Å². The smallest absolute Gasteiger partial charge is 0.233 e. The van der Waals surface area contributed by atoms with E-state index in [1.54, 1.807) is 34.2 Å². The molecule has 0 unspecified atom stereocenters. The Hall–Kier alpha value is -2.70. The summed E-state index contributed by atoms with van der Waals surface area (Å²) in [6.45, 7) is 4.69. The van der Waals surface area contributed by atoms with Crippen LogP contribution in [0.1, 0.15) is 30.7 Å². The van der Waals surface area contributed by atoms with Crippen molar-refractivity contribution in [2.45, 2.75) is 38.1 Å². The van der Waals surface area contributed by atoms with Gasteiger partial charge in [0, 0.05) is 11.1 Å². The summed E-state index contributed by atoms with van der Waals surface area (Å²) < 4.78 is 1.11. The number of pyridine rings is 1. The molecule has 4 aromatic rings. The molecule has 0 bridgehead atoms. The van der Waals surface area contributed by atoms with Gasteiger partial charge in [0.1, 0.15) is 0 Å². The Morgan fingerprint density at radius 1 is 1.03 bits per heavy atom. The van der Waals surface area contributed by atoms with Crippen LogP contribution in [-0.2, 0) is 24.2 Å². The molecule has 1 amide bonds. The summed E-state index contributed by atoms with van der Waals surface area (Å²) in [5.74, 6) is 1.06. The fraction of sp³-hybridized carbons (Fsp3) is 0.240. The zero-order valence-corrected chi connectivity index (χ0v) is 19.4. The molecule has 158 valence electrons. The van der Waals surface area contributed by atoms with Gasteiger partial charge in [-0.15, -0.1) is 11.8 Å². The maximum Gasteiger partial charge on any atom is 0.233 e. The van der Waals surface area contributed by atoms with Crippen LogP contribution in [-0.4, -0.2) is 21.6 Å². The second-order valence-electron chi connectivity index (χ2n) is 7.21.